The van der Waals surface area contributed by atoms with Crippen molar-refractivity contribution < 1.29 is 19.5 Å². The van der Waals surface area contributed by atoms with Crippen molar-refractivity contribution >= 4 is 40.9 Å². The lowest BCUT2D eigenvalue weighted by molar-refractivity contribution is -0.130. The number of benzene rings is 1. The second-order valence-electron chi connectivity index (χ2n) is 7.22. The molecule has 10 heteroatoms. The lowest BCUT2D eigenvalue weighted by Gasteiger charge is -2.35. The van der Waals surface area contributed by atoms with Crippen LogP contribution in [0.25, 0.3) is 0 Å². The van der Waals surface area contributed by atoms with Crippen LogP contribution in [-0.2, 0) is 9.59 Å². The molecule has 2 fully saturated rings. The summed E-state index contributed by atoms with van der Waals surface area (Å²) in [5, 5.41) is 14.9. The molecule has 0 spiro atoms. The molecule has 1 aromatic carbocycles. The fourth-order valence-electron chi connectivity index (χ4n) is 4.01. The highest BCUT2D eigenvalue weighted by Crippen LogP contribution is 2.31. The Hall–Kier alpha value is -3.01. The number of nitrogens with zero attached hydrogens (tertiary/aromatic N) is 5. The minimum atomic E-state index is -0.931. The van der Waals surface area contributed by atoms with Crippen molar-refractivity contribution in [3.63, 3.8) is 0 Å². The maximum Gasteiger partial charge on any atom is 0.407 e. The number of amides is 3. The van der Waals surface area contributed by atoms with E-state index in [0.29, 0.717) is 44.0 Å². The van der Waals surface area contributed by atoms with Crippen LogP contribution in [0.4, 0.5) is 16.3 Å². The van der Waals surface area contributed by atoms with Crippen LogP contribution in [0, 0.1) is 5.92 Å². The molecule has 9 nitrogen and oxygen atoms in total. The summed E-state index contributed by atoms with van der Waals surface area (Å²) in [6, 6.07) is 9.19. The second-order valence-corrected chi connectivity index (χ2v) is 7.83. The number of piperidine rings is 1. The molecule has 2 aromatic rings. The summed E-state index contributed by atoms with van der Waals surface area (Å²) < 4.78 is 3.87. The van der Waals surface area contributed by atoms with E-state index in [2.05, 4.69) is 9.59 Å². The molecule has 0 aliphatic carbocycles. The average Bonchev–Trinajstić information content (AvgIpc) is 3.39. The quantitative estimate of drug-likeness (QED) is 0.820. The first kappa shape index (κ1) is 19.3. The van der Waals surface area contributed by atoms with Gasteiger partial charge >= 0.3 is 6.09 Å². The molecule has 0 saturated carbocycles. The number of carboxylic acid groups (broad SMARTS) is 1. The lowest BCUT2D eigenvalue weighted by Crippen LogP contribution is -2.47. The van der Waals surface area contributed by atoms with Gasteiger partial charge in [-0.15, -0.1) is 5.10 Å². The van der Waals surface area contributed by atoms with Crippen molar-refractivity contribution in [3.05, 3.63) is 35.7 Å². The first-order valence-corrected chi connectivity index (χ1v) is 10.3. The third-order valence-corrected chi connectivity index (χ3v) is 5.99. The van der Waals surface area contributed by atoms with E-state index in [1.54, 1.807) is 10.3 Å². The van der Waals surface area contributed by atoms with Crippen LogP contribution < -0.4 is 4.90 Å². The predicted octanol–water partition coefficient (Wildman–Crippen LogP) is 2.19. The molecule has 1 aromatic heterocycles. The molecule has 0 bridgehead atoms. The van der Waals surface area contributed by atoms with E-state index in [4.69, 9.17) is 5.11 Å². The fraction of sp³-hybridized carbons (Fsp3) is 0.421. The van der Waals surface area contributed by atoms with Crippen LogP contribution >= 0.6 is 11.5 Å². The molecule has 1 N–H and O–H groups in total. The van der Waals surface area contributed by atoms with Gasteiger partial charge in [0.25, 0.3) is 0 Å². The molecule has 2 aliphatic rings. The van der Waals surface area contributed by atoms with Crippen molar-refractivity contribution in [2.45, 2.75) is 25.3 Å². The Morgan fingerprint density at radius 1 is 1.17 bits per heavy atom. The van der Waals surface area contributed by atoms with Gasteiger partial charge in [0, 0.05) is 32.1 Å². The summed E-state index contributed by atoms with van der Waals surface area (Å²) in [5.41, 5.74) is 0.686. The Kier molecular flexibility index (Phi) is 5.43. The fourth-order valence-corrected chi connectivity index (χ4v) is 4.43. The lowest BCUT2D eigenvalue weighted by atomic mass is 10.0. The highest BCUT2D eigenvalue weighted by molar-refractivity contribution is 7.03. The molecule has 4 rings (SSSR count). The SMILES string of the molecule is O=C(O)N1CCC(N2CC(C(=O)N(c3ccccc3)c3csnn3)CC2=O)CC1. The Bertz CT molecular complexity index is 883. The highest BCUT2D eigenvalue weighted by atomic mass is 32.1. The van der Waals surface area contributed by atoms with Crippen molar-refractivity contribution in [2.24, 2.45) is 5.92 Å². The van der Waals surface area contributed by atoms with E-state index in [-0.39, 0.29) is 24.3 Å². The van der Waals surface area contributed by atoms with E-state index in [9.17, 15) is 14.4 Å². The Morgan fingerprint density at radius 2 is 1.90 bits per heavy atom. The van der Waals surface area contributed by atoms with Gasteiger partial charge < -0.3 is 14.9 Å². The zero-order valence-corrected chi connectivity index (χ0v) is 16.5. The van der Waals surface area contributed by atoms with Crippen molar-refractivity contribution in [2.75, 3.05) is 24.5 Å². The maximum absolute atomic E-state index is 13.4. The van der Waals surface area contributed by atoms with Gasteiger partial charge in [0.05, 0.1) is 17.0 Å². The van der Waals surface area contributed by atoms with Crippen LogP contribution in [0.2, 0.25) is 0 Å². The second kappa shape index (κ2) is 8.16. The zero-order valence-electron chi connectivity index (χ0n) is 15.7. The van der Waals surface area contributed by atoms with Gasteiger partial charge in [-0.2, -0.15) is 0 Å². The topological polar surface area (TPSA) is 107 Å². The summed E-state index contributed by atoms with van der Waals surface area (Å²) in [6.45, 7) is 1.16. The standard InChI is InChI=1S/C19H21N5O4S/c25-17-10-13(11-23(17)14-6-8-22(9-7-14)19(27)28)18(26)24(16-12-29-21-20-16)15-4-2-1-3-5-15/h1-5,12-14H,6-11H2,(H,27,28). The summed E-state index contributed by atoms with van der Waals surface area (Å²) in [5.74, 6) is -0.252. The minimum Gasteiger partial charge on any atom is -0.465 e. The summed E-state index contributed by atoms with van der Waals surface area (Å²) >= 11 is 1.16. The van der Waals surface area contributed by atoms with Crippen molar-refractivity contribution in [1.29, 1.82) is 0 Å². The van der Waals surface area contributed by atoms with Crippen LogP contribution in [0.3, 0.4) is 0 Å². The van der Waals surface area contributed by atoms with E-state index in [0.717, 1.165) is 11.5 Å². The van der Waals surface area contributed by atoms with Gasteiger partial charge in [0.1, 0.15) is 0 Å². The van der Waals surface area contributed by atoms with Crippen molar-refractivity contribution in [3.8, 4) is 0 Å². The molecule has 2 saturated heterocycles. The monoisotopic (exact) mass is 415 g/mol. The minimum absolute atomic E-state index is 0.0259. The Balaban J connectivity index is 1.49. The number of hydrogen-bond acceptors (Lipinski definition) is 6. The third kappa shape index (κ3) is 3.93. The van der Waals surface area contributed by atoms with Gasteiger partial charge in [0.2, 0.25) is 11.8 Å². The predicted molar refractivity (Wildman–Crippen MR) is 106 cm³/mol. The van der Waals surface area contributed by atoms with Crippen LogP contribution in [0.15, 0.2) is 35.7 Å². The first-order valence-electron chi connectivity index (χ1n) is 9.48. The van der Waals surface area contributed by atoms with E-state index >= 15 is 0 Å². The summed E-state index contributed by atoms with van der Waals surface area (Å²) in [7, 11) is 0. The number of carbonyl (C=O) groups is 3. The normalized spacial score (nSPS) is 20.1. The number of rotatable bonds is 4. The molecule has 152 valence electrons. The number of aromatic nitrogens is 2. The molecular weight excluding hydrogens is 394 g/mol. The van der Waals surface area contributed by atoms with Gasteiger partial charge in [-0.25, -0.2) is 4.79 Å². The van der Waals surface area contributed by atoms with Crippen LogP contribution in [0.1, 0.15) is 19.3 Å². The number of hydrogen-bond donors (Lipinski definition) is 1. The molecular formula is C19H21N5O4S. The molecule has 1 atom stereocenters. The van der Waals surface area contributed by atoms with Gasteiger partial charge in [-0.1, -0.05) is 22.7 Å². The molecule has 3 amide bonds. The molecule has 0 radical (unpaired) electrons. The smallest absolute Gasteiger partial charge is 0.407 e. The zero-order chi connectivity index (χ0) is 20.4. The maximum atomic E-state index is 13.4. The van der Waals surface area contributed by atoms with E-state index in [1.807, 2.05) is 30.3 Å². The van der Waals surface area contributed by atoms with Gasteiger partial charge in [-0.05, 0) is 36.5 Å². The third-order valence-electron chi connectivity index (χ3n) is 5.50. The molecule has 29 heavy (non-hydrogen) atoms. The Morgan fingerprint density at radius 3 is 2.52 bits per heavy atom. The summed E-state index contributed by atoms with van der Waals surface area (Å²) in [6.07, 6.45) is 0.410. The van der Waals surface area contributed by atoms with Crippen molar-refractivity contribution in [1.82, 2.24) is 19.4 Å². The summed E-state index contributed by atoms with van der Waals surface area (Å²) in [4.78, 5) is 41.7. The Labute approximate surface area is 171 Å². The van der Waals surface area contributed by atoms with Gasteiger partial charge in [-0.3, -0.25) is 14.5 Å². The highest BCUT2D eigenvalue weighted by Gasteiger charge is 2.41. The number of para-hydroxylation sites is 1. The number of carbonyl (C=O) groups excluding carboxylic acids is 2. The number of anilines is 2. The first-order chi connectivity index (χ1) is 14.0. The average molecular weight is 415 g/mol. The van der Waals surface area contributed by atoms with Crippen LogP contribution in [-0.4, -0.2) is 68.1 Å². The van der Waals surface area contributed by atoms with Gasteiger partial charge in [0.15, 0.2) is 5.82 Å². The largest absolute Gasteiger partial charge is 0.465 e. The molecule has 2 aliphatic heterocycles. The number of likely N-dealkylation sites (tertiary alicyclic amines) is 2. The molecule has 3 heterocycles. The van der Waals surface area contributed by atoms with E-state index in [1.165, 1.54) is 9.80 Å². The van der Waals surface area contributed by atoms with Crippen LogP contribution in [0.5, 0.6) is 0 Å². The van der Waals surface area contributed by atoms with E-state index < -0.39 is 12.0 Å². The molecule has 1 unspecified atom stereocenters.